The summed E-state index contributed by atoms with van der Waals surface area (Å²) < 4.78 is 5.40. The second kappa shape index (κ2) is 5.05. The zero-order chi connectivity index (χ0) is 12.4. The average Bonchev–Trinajstić information content (AvgIpc) is 2.14. The Balaban J connectivity index is 2.51. The predicted octanol–water partition coefficient (Wildman–Crippen LogP) is 3.38. The molecule has 1 rings (SSSR count). The molecule has 0 aromatic rings. The van der Waals surface area contributed by atoms with Gasteiger partial charge in [-0.25, -0.2) is 0 Å². The topological polar surface area (TPSA) is 29.5 Å². The van der Waals surface area contributed by atoms with Gasteiger partial charge in [-0.2, -0.15) is 0 Å². The third-order valence-corrected chi connectivity index (χ3v) is 4.00. The summed E-state index contributed by atoms with van der Waals surface area (Å²) in [5.41, 5.74) is -0.321. The van der Waals surface area contributed by atoms with Gasteiger partial charge >= 0.3 is 0 Å². The van der Waals surface area contributed by atoms with Crippen LogP contribution in [-0.4, -0.2) is 23.9 Å². The summed E-state index contributed by atoms with van der Waals surface area (Å²) in [5.74, 6) is 0.727. The molecule has 0 aliphatic heterocycles. The van der Waals surface area contributed by atoms with Gasteiger partial charge in [0.25, 0.3) is 0 Å². The van der Waals surface area contributed by atoms with Crippen LogP contribution >= 0.6 is 0 Å². The van der Waals surface area contributed by atoms with Gasteiger partial charge in [0.2, 0.25) is 0 Å². The molecule has 0 heterocycles. The maximum absolute atomic E-state index is 9.96. The second-order valence-corrected chi connectivity index (χ2v) is 6.69. The third-order valence-electron chi connectivity index (χ3n) is 4.00. The highest BCUT2D eigenvalue weighted by molar-refractivity contribution is 4.87. The minimum atomic E-state index is -0.554. The van der Waals surface area contributed by atoms with E-state index in [1.165, 1.54) is 25.7 Å². The molecule has 2 heteroatoms. The Morgan fingerprint density at radius 2 is 1.56 bits per heavy atom. The molecule has 1 fully saturated rings. The molecule has 0 amide bonds. The van der Waals surface area contributed by atoms with Crippen molar-refractivity contribution in [1.29, 1.82) is 0 Å². The molecule has 96 valence electrons. The molecule has 0 aromatic carbocycles. The van der Waals surface area contributed by atoms with Crippen LogP contribution in [0.3, 0.4) is 0 Å². The average molecular weight is 228 g/mol. The summed E-state index contributed by atoms with van der Waals surface area (Å²) in [6, 6.07) is 0. The van der Waals surface area contributed by atoms with Crippen molar-refractivity contribution < 1.29 is 9.84 Å². The third kappa shape index (κ3) is 4.06. The van der Waals surface area contributed by atoms with Gasteiger partial charge in [0.1, 0.15) is 0 Å². The Bertz CT molecular complexity index is 207. The van der Waals surface area contributed by atoms with Crippen LogP contribution in [0, 0.1) is 11.3 Å². The molecule has 0 aromatic heterocycles. The fourth-order valence-corrected chi connectivity index (χ4v) is 3.34. The van der Waals surface area contributed by atoms with Gasteiger partial charge in [0.15, 0.2) is 0 Å². The zero-order valence-electron chi connectivity index (χ0n) is 11.5. The van der Waals surface area contributed by atoms with Crippen LogP contribution in [0.1, 0.15) is 59.8 Å². The molecular formula is C14H28O2. The molecule has 1 aliphatic carbocycles. The Hall–Kier alpha value is -0.0800. The number of ether oxygens (including phenoxy) is 1. The predicted molar refractivity (Wildman–Crippen MR) is 67.5 cm³/mol. The monoisotopic (exact) mass is 228 g/mol. The van der Waals surface area contributed by atoms with E-state index in [1.54, 1.807) is 0 Å². The van der Waals surface area contributed by atoms with Crippen molar-refractivity contribution in [2.45, 2.75) is 71.5 Å². The number of aliphatic hydroxyl groups is 1. The molecule has 1 aliphatic rings. The molecule has 2 nitrogen and oxygen atoms in total. The van der Waals surface area contributed by atoms with E-state index in [4.69, 9.17) is 4.74 Å². The molecule has 0 bridgehead atoms. The lowest BCUT2D eigenvalue weighted by Crippen LogP contribution is -2.36. The summed E-state index contributed by atoms with van der Waals surface area (Å²) in [6.07, 6.45) is 6.17. The minimum Gasteiger partial charge on any atom is -0.390 e. The molecule has 0 saturated heterocycles. The van der Waals surface area contributed by atoms with Crippen LogP contribution in [0.2, 0.25) is 0 Å². The summed E-state index contributed by atoms with van der Waals surface area (Å²) in [4.78, 5) is 0. The van der Waals surface area contributed by atoms with Gasteiger partial charge in [-0.1, -0.05) is 13.8 Å². The first-order chi connectivity index (χ1) is 7.24. The lowest BCUT2D eigenvalue weighted by atomic mass is 9.66. The van der Waals surface area contributed by atoms with Gasteiger partial charge in [-0.3, -0.25) is 0 Å². The van der Waals surface area contributed by atoms with Crippen LogP contribution in [0.5, 0.6) is 0 Å². The van der Waals surface area contributed by atoms with Crippen LogP contribution < -0.4 is 0 Å². The van der Waals surface area contributed by atoms with E-state index in [-0.39, 0.29) is 5.41 Å². The largest absolute Gasteiger partial charge is 0.390 e. The van der Waals surface area contributed by atoms with E-state index in [2.05, 4.69) is 13.8 Å². The maximum Gasteiger partial charge on any atom is 0.0597 e. The van der Waals surface area contributed by atoms with E-state index in [0.717, 1.165) is 12.3 Å². The SMILES string of the molecule is COC1CCC(C(C)(C)CC(C)(C)O)CC1. The fourth-order valence-electron chi connectivity index (χ4n) is 3.34. The van der Waals surface area contributed by atoms with Crippen LogP contribution in [0.15, 0.2) is 0 Å². The van der Waals surface area contributed by atoms with Gasteiger partial charge in [-0.15, -0.1) is 0 Å². The van der Waals surface area contributed by atoms with Crippen molar-refractivity contribution in [2.75, 3.05) is 7.11 Å². The highest BCUT2D eigenvalue weighted by Gasteiger charge is 2.36. The van der Waals surface area contributed by atoms with Crippen LogP contribution in [0.4, 0.5) is 0 Å². The van der Waals surface area contributed by atoms with Gasteiger partial charge in [0.05, 0.1) is 11.7 Å². The number of hydrogen-bond donors (Lipinski definition) is 1. The first kappa shape index (κ1) is 14.0. The Labute approximate surface area is 100 Å². The molecule has 1 saturated carbocycles. The summed E-state index contributed by atoms with van der Waals surface area (Å²) in [5, 5.41) is 9.96. The highest BCUT2D eigenvalue weighted by atomic mass is 16.5. The van der Waals surface area contributed by atoms with Crippen LogP contribution in [0.25, 0.3) is 0 Å². The van der Waals surface area contributed by atoms with E-state index < -0.39 is 5.60 Å². The molecule has 1 N–H and O–H groups in total. The van der Waals surface area contributed by atoms with Crippen molar-refractivity contribution in [2.24, 2.45) is 11.3 Å². The van der Waals surface area contributed by atoms with Gasteiger partial charge in [0, 0.05) is 7.11 Å². The number of hydrogen-bond acceptors (Lipinski definition) is 2. The number of methoxy groups -OCH3 is 1. The highest BCUT2D eigenvalue weighted by Crippen LogP contribution is 2.43. The Morgan fingerprint density at radius 1 is 1.06 bits per heavy atom. The quantitative estimate of drug-likeness (QED) is 0.799. The van der Waals surface area contributed by atoms with Gasteiger partial charge < -0.3 is 9.84 Å². The fraction of sp³-hybridized carbons (Fsp3) is 1.00. The smallest absolute Gasteiger partial charge is 0.0597 e. The molecule has 0 unspecified atom stereocenters. The first-order valence-corrected chi connectivity index (χ1v) is 6.50. The van der Waals surface area contributed by atoms with Gasteiger partial charge in [-0.05, 0) is 57.3 Å². The maximum atomic E-state index is 9.96. The van der Waals surface area contributed by atoms with E-state index in [9.17, 15) is 5.11 Å². The first-order valence-electron chi connectivity index (χ1n) is 6.50. The Morgan fingerprint density at radius 3 is 1.94 bits per heavy atom. The van der Waals surface area contributed by atoms with Crippen LogP contribution in [-0.2, 0) is 4.74 Å². The molecule has 0 atom stereocenters. The molecule has 16 heavy (non-hydrogen) atoms. The summed E-state index contributed by atoms with van der Waals surface area (Å²) in [6.45, 7) is 8.41. The molecule has 0 spiro atoms. The van der Waals surface area contributed by atoms with E-state index in [0.29, 0.717) is 6.10 Å². The normalized spacial score (nSPS) is 28.1. The Kier molecular flexibility index (Phi) is 4.42. The summed E-state index contributed by atoms with van der Waals surface area (Å²) in [7, 11) is 1.81. The minimum absolute atomic E-state index is 0.233. The lowest BCUT2D eigenvalue weighted by Gasteiger charge is -2.41. The number of rotatable bonds is 4. The molecular weight excluding hydrogens is 200 g/mol. The van der Waals surface area contributed by atoms with Crippen molar-refractivity contribution in [3.05, 3.63) is 0 Å². The lowest BCUT2D eigenvalue weighted by molar-refractivity contribution is -0.0153. The standard InChI is InChI=1S/C14H28O2/c1-13(2,10-14(3,4)15)11-6-8-12(16-5)9-7-11/h11-12,15H,6-10H2,1-5H3. The van der Waals surface area contributed by atoms with Crippen molar-refractivity contribution in [3.8, 4) is 0 Å². The van der Waals surface area contributed by atoms with Crippen molar-refractivity contribution in [3.63, 3.8) is 0 Å². The molecule has 0 radical (unpaired) electrons. The summed E-state index contributed by atoms with van der Waals surface area (Å²) >= 11 is 0. The second-order valence-electron chi connectivity index (χ2n) is 6.69. The zero-order valence-corrected chi connectivity index (χ0v) is 11.5. The van der Waals surface area contributed by atoms with E-state index >= 15 is 0 Å². The van der Waals surface area contributed by atoms with Crippen molar-refractivity contribution >= 4 is 0 Å². The van der Waals surface area contributed by atoms with E-state index in [1.807, 2.05) is 21.0 Å². The van der Waals surface area contributed by atoms with Crippen molar-refractivity contribution in [1.82, 2.24) is 0 Å².